The number of nitrogens with zero attached hydrogens (tertiary/aromatic N) is 2. The maximum atomic E-state index is 13.6. The zero-order valence-corrected chi connectivity index (χ0v) is 10.9. The highest BCUT2D eigenvalue weighted by molar-refractivity contribution is 9.10. The van der Waals surface area contributed by atoms with Crippen LogP contribution in [-0.2, 0) is 0 Å². The molecule has 84 valence electrons. The van der Waals surface area contributed by atoms with Crippen LogP contribution in [0.25, 0.3) is 0 Å². The fourth-order valence-electron chi connectivity index (χ4n) is 1.68. The lowest BCUT2D eigenvalue weighted by atomic mass is 10.1. The van der Waals surface area contributed by atoms with Crippen LogP contribution in [0.1, 0.15) is 26.7 Å². The summed E-state index contributed by atoms with van der Waals surface area (Å²) in [5.74, 6) is 0.144. The number of rotatable bonds is 4. The molecule has 4 heteroatoms. The third kappa shape index (κ3) is 2.91. The van der Waals surface area contributed by atoms with Crippen LogP contribution in [0.15, 0.2) is 16.7 Å². The van der Waals surface area contributed by atoms with Gasteiger partial charge in [0.25, 0.3) is 0 Å². The summed E-state index contributed by atoms with van der Waals surface area (Å²) in [6.45, 7) is 4.20. The number of pyridine rings is 1. The summed E-state index contributed by atoms with van der Waals surface area (Å²) in [7, 11) is 1.89. The third-order valence-electron chi connectivity index (χ3n) is 2.61. The van der Waals surface area contributed by atoms with Gasteiger partial charge in [0.1, 0.15) is 0 Å². The van der Waals surface area contributed by atoms with E-state index in [-0.39, 0.29) is 5.82 Å². The summed E-state index contributed by atoms with van der Waals surface area (Å²) in [5, 5.41) is 0. The molecule has 0 radical (unpaired) electrons. The molecule has 0 unspecified atom stereocenters. The summed E-state index contributed by atoms with van der Waals surface area (Å²) >= 11 is 3.20. The van der Waals surface area contributed by atoms with Gasteiger partial charge in [-0.3, -0.25) is 0 Å². The van der Waals surface area contributed by atoms with E-state index in [1.165, 1.54) is 6.07 Å². The van der Waals surface area contributed by atoms with Crippen LogP contribution >= 0.6 is 15.9 Å². The Bertz CT molecular complexity index is 326. The highest BCUT2D eigenvalue weighted by Gasteiger charge is 2.16. The molecule has 15 heavy (non-hydrogen) atoms. The molecule has 0 amide bonds. The Hall–Kier alpha value is -0.640. The summed E-state index contributed by atoms with van der Waals surface area (Å²) in [6, 6.07) is 1.79. The Balaban J connectivity index is 2.94. The Morgan fingerprint density at radius 3 is 2.53 bits per heavy atom. The Morgan fingerprint density at radius 2 is 2.07 bits per heavy atom. The van der Waals surface area contributed by atoms with Gasteiger partial charge >= 0.3 is 0 Å². The van der Waals surface area contributed by atoms with E-state index in [4.69, 9.17) is 0 Å². The van der Waals surface area contributed by atoms with Crippen molar-refractivity contribution in [1.29, 1.82) is 0 Å². The first-order valence-corrected chi connectivity index (χ1v) is 5.93. The van der Waals surface area contributed by atoms with E-state index in [2.05, 4.69) is 34.8 Å². The van der Waals surface area contributed by atoms with Crippen molar-refractivity contribution in [3.8, 4) is 0 Å². The first kappa shape index (κ1) is 12.4. The van der Waals surface area contributed by atoms with Crippen LogP contribution in [0.5, 0.6) is 0 Å². The Kier molecular flexibility index (Phi) is 4.51. The largest absolute Gasteiger partial charge is 0.354 e. The van der Waals surface area contributed by atoms with E-state index in [9.17, 15) is 4.39 Å². The van der Waals surface area contributed by atoms with E-state index in [1.807, 2.05) is 11.9 Å². The van der Waals surface area contributed by atoms with Crippen LogP contribution in [0.4, 0.5) is 10.2 Å². The van der Waals surface area contributed by atoms with Crippen molar-refractivity contribution < 1.29 is 4.39 Å². The van der Waals surface area contributed by atoms with E-state index in [1.54, 1.807) is 6.20 Å². The molecule has 0 aliphatic carbocycles. The molecule has 0 aliphatic heterocycles. The van der Waals surface area contributed by atoms with E-state index >= 15 is 0 Å². The molecule has 1 aromatic rings. The Labute approximate surface area is 98.6 Å². The van der Waals surface area contributed by atoms with Crippen molar-refractivity contribution in [2.75, 3.05) is 11.9 Å². The molecular formula is C11H16BrFN2. The first-order valence-electron chi connectivity index (χ1n) is 5.14. The monoisotopic (exact) mass is 274 g/mol. The van der Waals surface area contributed by atoms with Crippen molar-refractivity contribution >= 4 is 21.7 Å². The van der Waals surface area contributed by atoms with Gasteiger partial charge in [0.2, 0.25) is 0 Å². The normalized spacial score (nSPS) is 10.8. The molecule has 0 spiro atoms. The lowest BCUT2D eigenvalue weighted by Crippen LogP contribution is -2.31. The highest BCUT2D eigenvalue weighted by Crippen LogP contribution is 2.22. The molecule has 0 aromatic carbocycles. The average molecular weight is 275 g/mol. The predicted molar refractivity (Wildman–Crippen MR) is 64.7 cm³/mol. The number of anilines is 1. The van der Waals surface area contributed by atoms with Crippen molar-refractivity contribution in [3.05, 3.63) is 22.6 Å². The summed E-state index contributed by atoms with van der Waals surface area (Å²) in [6.07, 6.45) is 3.60. The van der Waals surface area contributed by atoms with Crippen molar-refractivity contribution in [3.63, 3.8) is 0 Å². The van der Waals surface area contributed by atoms with E-state index < -0.39 is 0 Å². The molecule has 1 rings (SSSR count). The van der Waals surface area contributed by atoms with Gasteiger partial charge in [-0.2, -0.15) is 0 Å². The SMILES string of the molecule is CCC(CC)N(C)c1ncc(Br)cc1F. The minimum Gasteiger partial charge on any atom is -0.354 e. The van der Waals surface area contributed by atoms with E-state index in [0.29, 0.717) is 16.3 Å². The zero-order chi connectivity index (χ0) is 11.4. The lowest BCUT2D eigenvalue weighted by molar-refractivity contribution is 0.557. The minimum atomic E-state index is -0.279. The Morgan fingerprint density at radius 1 is 1.47 bits per heavy atom. The summed E-state index contributed by atoms with van der Waals surface area (Å²) < 4.78 is 14.3. The third-order valence-corrected chi connectivity index (χ3v) is 3.05. The molecule has 2 nitrogen and oxygen atoms in total. The molecular weight excluding hydrogens is 259 g/mol. The maximum absolute atomic E-state index is 13.6. The predicted octanol–water partition coefficient (Wildman–Crippen LogP) is 3.61. The van der Waals surface area contributed by atoms with Gasteiger partial charge in [-0.1, -0.05) is 13.8 Å². The average Bonchev–Trinajstić information content (AvgIpc) is 2.19. The molecule has 0 atom stereocenters. The van der Waals surface area contributed by atoms with E-state index in [0.717, 1.165) is 12.8 Å². The number of aromatic nitrogens is 1. The summed E-state index contributed by atoms with van der Waals surface area (Å²) in [5.41, 5.74) is 0. The van der Waals surface area contributed by atoms with Gasteiger partial charge in [0.15, 0.2) is 11.6 Å². The molecule has 1 aromatic heterocycles. The number of hydrogen-bond acceptors (Lipinski definition) is 2. The first-order chi connectivity index (χ1) is 7.10. The topological polar surface area (TPSA) is 16.1 Å². The summed E-state index contributed by atoms with van der Waals surface area (Å²) in [4.78, 5) is 6.00. The minimum absolute atomic E-state index is 0.279. The van der Waals surface area contributed by atoms with Crippen LogP contribution in [0.3, 0.4) is 0 Å². The molecule has 0 bridgehead atoms. The van der Waals surface area contributed by atoms with Crippen LogP contribution in [0.2, 0.25) is 0 Å². The van der Waals surface area contributed by atoms with Gasteiger partial charge in [-0.15, -0.1) is 0 Å². The second-order valence-electron chi connectivity index (χ2n) is 3.54. The van der Waals surface area contributed by atoms with Gasteiger partial charge in [0.05, 0.1) is 0 Å². The van der Waals surface area contributed by atoms with Crippen molar-refractivity contribution in [1.82, 2.24) is 4.98 Å². The van der Waals surface area contributed by atoms with Crippen LogP contribution in [-0.4, -0.2) is 18.1 Å². The van der Waals surface area contributed by atoms with Gasteiger partial charge < -0.3 is 4.90 Å². The number of halogens is 2. The second-order valence-corrected chi connectivity index (χ2v) is 4.46. The fourth-order valence-corrected chi connectivity index (χ4v) is 1.98. The number of hydrogen-bond donors (Lipinski definition) is 0. The molecule has 0 saturated carbocycles. The molecule has 0 saturated heterocycles. The molecule has 1 heterocycles. The van der Waals surface area contributed by atoms with Gasteiger partial charge in [0, 0.05) is 23.8 Å². The standard InChI is InChI=1S/C11H16BrFN2/c1-4-9(5-2)15(3)11-10(13)6-8(12)7-14-11/h6-7,9H,4-5H2,1-3H3. The molecule has 0 N–H and O–H groups in total. The van der Waals surface area contributed by atoms with Crippen LogP contribution < -0.4 is 4.90 Å². The quantitative estimate of drug-likeness (QED) is 0.834. The second kappa shape index (κ2) is 5.45. The molecule has 0 aliphatic rings. The molecule has 0 fully saturated rings. The zero-order valence-electron chi connectivity index (χ0n) is 9.30. The lowest BCUT2D eigenvalue weighted by Gasteiger charge is -2.27. The maximum Gasteiger partial charge on any atom is 0.166 e. The van der Waals surface area contributed by atoms with Crippen molar-refractivity contribution in [2.24, 2.45) is 0 Å². The van der Waals surface area contributed by atoms with Gasteiger partial charge in [-0.25, -0.2) is 9.37 Å². The fraction of sp³-hybridized carbons (Fsp3) is 0.545. The highest BCUT2D eigenvalue weighted by atomic mass is 79.9. The van der Waals surface area contributed by atoms with Crippen molar-refractivity contribution in [2.45, 2.75) is 32.7 Å². The van der Waals surface area contributed by atoms with Crippen LogP contribution in [0, 0.1) is 5.82 Å². The smallest absolute Gasteiger partial charge is 0.166 e. The van der Waals surface area contributed by atoms with Gasteiger partial charge in [-0.05, 0) is 34.8 Å².